The lowest BCUT2D eigenvalue weighted by atomic mass is 10.0. The Morgan fingerprint density at radius 2 is 1.45 bits per heavy atom. The highest BCUT2D eigenvalue weighted by Crippen LogP contribution is 2.29. The zero-order chi connectivity index (χ0) is 22.4. The molecule has 31 heavy (non-hydrogen) atoms. The molecule has 0 aliphatic heterocycles. The van der Waals surface area contributed by atoms with Crippen LogP contribution in [0.15, 0.2) is 78.9 Å². The van der Waals surface area contributed by atoms with E-state index in [1.807, 2.05) is 30.3 Å². The lowest BCUT2D eigenvalue weighted by molar-refractivity contribution is -0.143. The van der Waals surface area contributed by atoms with E-state index >= 15 is 0 Å². The number of amides is 1. The molecular weight excluding hydrogens is 407 g/mol. The van der Waals surface area contributed by atoms with Gasteiger partial charge in [-0.05, 0) is 41.0 Å². The van der Waals surface area contributed by atoms with Crippen LogP contribution in [0.5, 0.6) is 0 Å². The van der Waals surface area contributed by atoms with Crippen molar-refractivity contribution in [2.45, 2.75) is 18.6 Å². The SMILES string of the molecule is COC(=O)[C@H](Cc1ccc(C(F)(F)F)cc1)NC(=O)c1ccc(-c2ccccc2)cc1. The fraction of sp³-hybridized carbons (Fsp3) is 0.167. The van der Waals surface area contributed by atoms with E-state index in [0.29, 0.717) is 11.1 Å². The van der Waals surface area contributed by atoms with Gasteiger partial charge in [0.15, 0.2) is 0 Å². The Labute approximate surface area is 177 Å². The van der Waals surface area contributed by atoms with Crippen LogP contribution in [-0.4, -0.2) is 25.0 Å². The molecule has 3 aromatic rings. The fourth-order valence-corrected chi connectivity index (χ4v) is 3.09. The van der Waals surface area contributed by atoms with Crippen molar-refractivity contribution >= 4 is 11.9 Å². The van der Waals surface area contributed by atoms with E-state index < -0.39 is 29.7 Å². The molecule has 1 N–H and O–H groups in total. The van der Waals surface area contributed by atoms with Gasteiger partial charge in [0.25, 0.3) is 5.91 Å². The molecule has 4 nitrogen and oxygen atoms in total. The maximum absolute atomic E-state index is 12.7. The van der Waals surface area contributed by atoms with Crippen LogP contribution >= 0.6 is 0 Å². The molecule has 0 heterocycles. The summed E-state index contributed by atoms with van der Waals surface area (Å²) in [4.78, 5) is 24.8. The van der Waals surface area contributed by atoms with Gasteiger partial charge in [-0.2, -0.15) is 13.2 Å². The number of rotatable bonds is 6. The second kappa shape index (κ2) is 9.47. The molecule has 0 bridgehead atoms. The van der Waals surface area contributed by atoms with Crippen LogP contribution in [0.3, 0.4) is 0 Å². The van der Waals surface area contributed by atoms with Crippen LogP contribution in [0.4, 0.5) is 13.2 Å². The number of nitrogens with one attached hydrogen (secondary N) is 1. The maximum atomic E-state index is 12.7. The lowest BCUT2D eigenvalue weighted by Crippen LogP contribution is -2.43. The van der Waals surface area contributed by atoms with E-state index in [1.165, 1.54) is 19.2 Å². The molecule has 0 radical (unpaired) electrons. The summed E-state index contributed by atoms with van der Waals surface area (Å²) in [6, 6.07) is 19.9. The highest BCUT2D eigenvalue weighted by molar-refractivity contribution is 5.97. The van der Waals surface area contributed by atoms with Crippen LogP contribution in [0.2, 0.25) is 0 Å². The summed E-state index contributed by atoms with van der Waals surface area (Å²) in [6.07, 6.45) is -4.45. The number of benzene rings is 3. The second-order valence-corrected chi connectivity index (χ2v) is 6.89. The third-order valence-corrected chi connectivity index (χ3v) is 4.77. The third-order valence-electron chi connectivity index (χ3n) is 4.77. The van der Waals surface area contributed by atoms with Crippen molar-refractivity contribution in [3.8, 4) is 11.1 Å². The Balaban J connectivity index is 1.72. The first-order valence-corrected chi connectivity index (χ1v) is 9.48. The van der Waals surface area contributed by atoms with Crippen LogP contribution in [-0.2, 0) is 22.1 Å². The number of carbonyl (C=O) groups excluding carboxylic acids is 2. The zero-order valence-corrected chi connectivity index (χ0v) is 16.6. The smallest absolute Gasteiger partial charge is 0.416 e. The van der Waals surface area contributed by atoms with E-state index in [0.717, 1.165) is 23.3 Å². The first-order chi connectivity index (χ1) is 14.8. The molecule has 3 rings (SSSR count). The van der Waals surface area contributed by atoms with Gasteiger partial charge in [-0.1, -0.05) is 54.6 Å². The van der Waals surface area contributed by atoms with Gasteiger partial charge >= 0.3 is 12.1 Å². The van der Waals surface area contributed by atoms with Crippen molar-refractivity contribution in [3.63, 3.8) is 0 Å². The summed E-state index contributed by atoms with van der Waals surface area (Å²) in [5.74, 6) is -1.17. The van der Waals surface area contributed by atoms with Crippen LogP contribution in [0, 0.1) is 0 Å². The van der Waals surface area contributed by atoms with Gasteiger partial charge in [-0.25, -0.2) is 4.79 Å². The van der Waals surface area contributed by atoms with Gasteiger partial charge in [-0.3, -0.25) is 4.79 Å². The quantitative estimate of drug-likeness (QED) is 0.570. The van der Waals surface area contributed by atoms with E-state index in [2.05, 4.69) is 5.32 Å². The van der Waals surface area contributed by atoms with Gasteiger partial charge in [0.1, 0.15) is 6.04 Å². The fourth-order valence-electron chi connectivity index (χ4n) is 3.09. The number of ether oxygens (including phenoxy) is 1. The number of halogens is 3. The number of hydrogen-bond acceptors (Lipinski definition) is 3. The van der Waals surface area contributed by atoms with Crippen LogP contribution < -0.4 is 5.32 Å². The molecule has 0 aliphatic rings. The van der Waals surface area contributed by atoms with E-state index in [4.69, 9.17) is 4.74 Å². The molecule has 0 unspecified atom stereocenters. The Morgan fingerprint density at radius 3 is 2.00 bits per heavy atom. The first kappa shape index (κ1) is 22.1. The molecular formula is C24H20F3NO3. The van der Waals surface area contributed by atoms with Crippen molar-refractivity contribution in [2.24, 2.45) is 0 Å². The third kappa shape index (κ3) is 5.72. The lowest BCUT2D eigenvalue weighted by Gasteiger charge is -2.17. The van der Waals surface area contributed by atoms with Gasteiger partial charge in [-0.15, -0.1) is 0 Å². The molecule has 160 valence electrons. The monoisotopic (exact) mass is 427 g/mol. The summed E-state index contributed by atoms with van der Waals surface area (Å²) in [7, 11) is 1.18. The largest absolute Gasteiger partial charge is 0.467 e. The highest BCUT2D eigenvalue weighted by Gasteiger charge is 2.30. The van der Waals surface area contributed by atoms with Crippen LogP contribution in [0.25, 0.3) is 11.1 Å². The topological polar surface area (TPSA) is 55.4 Å². The summed E-state index contributed by atoms with van der Waals surface area (Å²) in [5.41, 5.74) is 1.97. The Kier molecular flexibility index (Phi) is 6.74. The minimum absolute atomic E-state index is 0.00134. The van der Waals surface area contributed by atoms with Gasteiger partial charge in [0, 0.05) is 12.0 Å². The van der Waals surface area contributed by atoms with Crippen molar-refractivity contribution in [1.29, 1.82) is 0 Å². The molecule has 0 saturated carbocycles. The van der Waals surface area contributed by atoms with Crippen molar-refractivity contribution in [2.75, 3.05) is 7.11 Å². The predicted molar refractivity (Wildman–Crippen MR) is 110 cm³/mol. The molecule has 0 saturated heterocycles. The zero-order valence-electron chi connectivity index (χ0n) is 16.6. The maximum Gasteiger partial charge on any atom is 0.416 e. The summed E-state index contributed by atoms with van der Waals surface area (Å²) >= 11 is 0. The Hall–Kier alpha value is -3.61. The average molecular weight is 427 g/mol. The summed E-state index contributed by atoms with van der Waals surface area (Å²) in [5, 5.41) is 2.60. The van der Waals surface area contributed by atoms with E-state index in [1.54, 1.807) is 24.3 Å². The van der Waals surface area contributed by atoms with E-state index in [-0.39, 0.29) is 6.42 Å². The van der Waals surface area contributed by atoms with Gasteiger partial charge in [0.05, 0.1) is 12.7 Å². The van der Waals surface area contributed by atoms with Crippen LogP contribution in [0.1, 0.15) is 21.5 Å². The molecule has 0 fully saturated rings. The van der Waals surface area contributed by atoms with E-state index in [9.17, 15) is 22.8 Å². The number of alkyl halides is 3. The standard InChI is InChI=1S/C24H20F3NO3/c1-31-23(30)21(15-16-7-13-20(14-8-16)24(25,26)27)28-22(29)19-11-9-18(10-12-19)17-5-3-2-4-6-17/h2-14,21H,15H2,1H3,(H,28,29)/t21-/m0/s1. The molecule has 1 atom stereocenters. The average Bonchev–Trinajstić information content (AvgIpc) is 2.78. The normalized spacial score (nSPS) is 12.1. The minimum atomic E-state index is -4.44. The minimum Gasteiger partial charge on any atom is -0.467 e. The predicted octanol–water partition coefficient (Wildman–Crippen LogP) is 4.89. The van der Waals surface area contributed by atoms with Gasteiger partial charge in [0.2, 0.25) is 0 Å². The molecule has 1 amide bonds. The Bertz CT molecular complexity index is 1030. The molecule has 3 aromatic carbocycles. The molecule has 0 aliphatic carbocycles. The van der Waals surface area contributed by atoms with Crippen molar-refractivity contribution < 1.29 is 27.5 Å². The summed E-state index contributed by atoms with van der Waals surface area (Å²) in [6.45, 7) is 0. The highest BCUT2D eigenvalue weighted by atomic mass is 19.4. The molecule has 0 aromatic heterocycles. The Morgan fingerprint density at radius 1 is 0.871 bits per heavy atom. The van der Waals surface area contributed by atoms with Crippen molar-refractivity contribution in [1.82, 2.24) is 5.32 Å². The number of esters is 1. The molecule has 0 spiro atoms. The molecule has 7 heteroatoms. The second-order valence-electron chi connectivity index (χ2n) is 6.89. The van der Waals surface area contributed by atoms with Crippen molar-refractivity contribution in [3.05, 3.63) is 95.6 Å². The number of hydrogen-bond donors (Lipinski definition) is 1. The number of carbonyl (C=O) groups is 2. The number of methoxy groups -OCH3 is 1. The summed E-state index contributed by atoms with van der Waals surface area (Å²) < 4.78 is 42.9. The first-order valence-electron chi connectivity index (χ1n) is 9.48. The van der Waals surface area contributed by atoms with Gasteiger partial charge < -0.3 is 10.1 Å².